The van der Waals surface area contributed by atoms with Crippen molar-refractivity contribution in [3.05, 3.63) is 187 Å². The molecule has 0 aliphatic rings. The number of nitrogens with zero attached hydrogens (tertiary/aromatic N) is 4. The fraction of sp³-hybridized carbons (Fsp3) is 0.169. The van der Waals surface area contributed by atoms with Gasteiger partial charge in [0, 0.05) is 52.3 Å². The quantitative estimate of drug-likeness (QED) is 0.0907. The van der Waals surface area contributed by atoms with Crippen molar-refractivity contribution >= 4 is 68.0 Å². The minimum absolute atomic E-state index is 0. The number of para-hydroxylation sites is 2. The molecule has 0 aliphatic carbocycles. The molecular weight excluding hydrogens is 1000 g/mol. The molecule has 0 fully saturated rings. The van der Waals surface area contributed by atoms with Crippen LogP contribution in [-0.2, 0) is 20.1 Å². The van der Waals surface area contributed by atoms with E-state index in [1.807, 2.05) is 79.0 Å². The zero-order valence-corrected chi connectivity index (χ0v) is 41.6. The molecule has 0 aliphatic heterocycles. The Bertz CT molecular complexity index is 3620. The number of hydrogen-bond donors (Lipinski definition) is 0. The number of benzene rings is 7. The minimum atomic E-state index is -2.41. The first-order chi connectivity index (χ1) is 32.7. The summed E-state index contributed by atoms with van der Waals surface area (Å²) in [4.78, 5) is 14.8. The molecule has 5 nitrogen and oxygen atoms in total. The molecule has 0 amide bonds. The number of furan rings is 1. The molecule has 0 unspecified atom stereocenters. The van der Waals surface area contributed by atoms with Crippen LogP contribution in [0.1, 0.15) is 60.3 Å². The summed E-state index contributed by atoms with van der Waals surface area (Å²) in [6.45, 7) is 13.5. The molecule has 4 aromatic heterocycles. The molecule has 66 heavy (non-hydrogen) atoms. The number of hydrogen-bond acceptors (Lipinski definition) is 4. The van der Waals surface area contributed by atoms with Crippen molar-refractivity contribution in [1.82, 2.24) is 19.5 Å². The Hall–Kier alpha value is -6.50. The molecule has 4 heterocycles. The standard InChI is InChI=1S/C45H36N3O.C14H16NSi.Ir/c1-26(2)35-24-32(29-13-7-6-8-14-29)25-36(27(3)4)42(35)48-39-18-12-11-17-38(39)46-44(48)34-22-19-28(5)40-37-23-31-21-20-30-15-9-10-16-33(30)41(31)47-45(37)49-43(34)40;1-16(2,3)13-9-10-14(15-11-13)12-7-5-4-6-8-12;/h6-21,23-27H,1-5H3;4-7,9-11H,1-3H3;/q2*-1;/i5D3;;. The van der Waals surface area contributed by atoms with Crippen LogP contribution in [0.3, 0.4) is 0 Å². The average molecular weight is 1060 g/mol. The SMILES string of the molecule is C[Si](C)(C)c1ccc(-c2[c-]cccc2)nc1.[2H]C([2H])([2H])c1c[c-]c(-c2nc3ccccc3n2-c2c(C(C)C)cc(-c3ccccc3)cc2C(C)C)c2oc3nc4c(ccc5ccccc54)cc3c12.[Ir]. The predicted octanol–water partition coefficient (Wildman–Crippen LogP) is 15.4. The van der Waals surface area contributed by atoms with Crippen molar-refractivity contribution in [2.45, 2.75) is 66.0 Å². The van der Waals surface area contributed by atoms with Crippen molar-refractivity contribution in [3.63, 3.8) is 0 Å². The third-order valence-corrected chi connectivity index (χ3v) is 14.4. The zero-order chi connectivity index (χ0) is 47.5. The van der Waals surface area contributed by atoms with Gasteiger partial charge in [-0.1, -0.05) is 156 Å². The molecule has 11 aromatic rings. The molecular formula is C59H52IrN4OSi-2. The first-order valence-corrected chi connectivity index (χ1v) is 25.9. The number of aryl methyl sites for hydroxylation is 1. The monoisotopic (exact) mass is 1060 g/mol. The van der Waals surface area contributed by atoms with Gasteiger partial charge < -0.3 is 14.0 Å². The van der Waals surface area contributed by atoms with Gasteiger partial charge in [-0.3, -0.25) is 4.98 Å². The Morgan fingerprint density at radius 1 is 0.682 bits per heavy atom. The summed E-state index contributed by atoms with van der Waals surface area (Å²) in [5.41, 5.74) is 12.0. The summed E-state index contributed by atoms with van der Waals surface area (Å²) >= 11 is 0. The van der Waals surface area contributed by atoms with Crippen molar-refractivity contribution < 1.29 is 28.6 Å². The van der Waals surface area contributed by atoms with E-state index < -0.39 is 14.9 Å². The van der Waals surface area contributed by atoms with Gasteiger partial charge in [-0.15, -0.1) is 53.6 Å². The van der Waals surface area contributed by atoms with Gasteiger partial charge in [-0.2, -0.15) is 0 Å². The van der Waals surface area contributed by atoms with Gasteiger partial charge in [0.1, 0.15) is 0 Å². The van der Waals surface area contributed by atoms with E-state index in [0.29, 0.717) is 33.5 Å². The van der Waals surface area contributed by atoms with Gasteiger partial charge >= 0.3 is 0 Å². The summed E-state index contributed by atoms with van der Waals surface area (Å²) < 4.78 is 34.6. The Morgan fingerprint density at radius 3 is 2.09 bits per heavy atom. The number of pyridine rings is 2. The molecule has 0 spiro atoms. The Labute approximate surface area is 406 Å². The fourth-order valence-corrected chi connectivity index (χ4v) is 9.93. The summed E-state index contributed by atoms with van der Waals surface area (Å²) in [7, 11) is -1.23. The van der Waals surface area contributed by atoms with E-state index in [2.05, 4.69) is 142 Å². The van der Waals surface area contributed by atoms with E-state index in [9.17, 15) is 0 Å². The van der Waals surface area contributed by atoms with Gasteiger partial charge in [0.05, 0.1) is 36.0 Å². The summed E-state index contributed by atoms with van der Waals surface area (Å²) in [5.74, 6) is 1.00. The number of aromatic nitrogens is 4. The normalized spacial score (nSPS) is 12.7. The largest absolute Gasteiger partial charge is 0.486 e. The maximum Gasteiger partial charge on any atom is 0.216 e. The molecule has 7 heteroatoms. The molecule has 0 N–H and O–H groups in total. The van der Waals surface area contributed by atoms with Gasteiger partial charge in [-0.05, 0) is 80.7 Å². The molecule has 0 bridgehead atoms. The van der Waals surface area contributed by atoms with Crippen LogP contribution in [0.15, 0.2) is 162 Å². The van der Waals surface area contributed by atoms with Crippen LogP contribution in [0, 0.1) is 19.0 Å². The summed E-state index contributed by atoms with van der Waals surface area (Å²) in [6, 6.07) is 57.9. The Balaban J connectivity index is 0.000000296. The van der Waals surface area contributed by atoms with E-state index in [0.717, 1.165) is 49.7 Å². The van der Waals surface area contributed by atoms with Crippen LogP contribution in [-0.4, -0.2) is 27.6 Å². The Morgan fingerprint density at radius 2 is 1.39 bits per heavy atom. The van der Waals surface area contributed by atoms with Crippen molar-refractivity contribution in [1.29, 1.82) is 0 Å². The smallest absolute Gasteiger partial charge is 0.216 e. The number of imidazole rings is 1. The third kappa shape index (κ3) is 8.21. The molecule has 7 aromatic carbocycles. The zero-order valence-electron chi connectivity index (χ0n) is 41.2. The molecule has 0 atom stereocenters. The molecule has 1 radical (unpaired) electrons. The van der Waals surface area contributed by atoms with Gasteiger partial charge in [0.15, 0.2) is 0 Å². The second kappa shape index (κ2) is 18.1. The minimum Gasteiger partial charge on any atom is -0.486 e. The first-order valence-electron chi connectivity index (χ1n) is 23.9. The topological polar surface area (TPSA) is 56.7 Å². The predicted molar refractivity (Wildman–Crippen MR) is 275 cm³/mol. The van der Waals surface area contributed by atoms with E-state index in [-0.39, 0.29) is 37.5 Å². The third-order valence-electron chi connectivity index (χ3n) is 12.4. The first kappa shape index (κ1) is 41.0. The van der Waals surface area contributed by atoms with Gasteiger partial charge in [0.25, 0.3) is 0 Å². The fourth-order valence-electron chi connectivity index (χ4n) is 8.90. The van der Waals surface area contributed by atoms with Crippen LogP contribution in [0.2, 0.25) is 19.6 Å². The van der Waals surface area contributed by atoms with Gasteiger partial charge in [0.2, 0.25) is 5.71 Å². The van der Waals surface area contributed by atoms with E-state index in [1.54, 1.807) is 6.07 Å². The maximum absolute atomic E-state index is 8.55. The Kier molecular flexibility index (Phi) is 11.2. The second-order valence-electron chi connectivity index (χ2n) is 18.5. The van der Waals surface area contributed by atoms with Crippen molar-refractivity contribution in [3.8, 4) is 39.5 Å². The van der Waals surface area contributed by atoms with E-state index in [1.165, 1.54) is 27.4 Å². The van der Waals surface area contributed by atoms with Crippen molar-refractivity contribution in [2.24, 2.45) is 0 Å². The molecule has 0 saturated carbocycles. The van der Waals surface area contributed by atoms with E-state index in [4.69, 9.17) is 18.5 Å². The number of fused-ring (bicyclic) bond motifs is 7. The van der Waals surface area contributed by atoms with Gasteiger partial charge in [-0.25, -0.2) is 4.98 Å². The van der Waals surface area contributed by atoms with Crippen LogP contribution in [0.25, 0.3) is 94.2 Å². The van der Waals surface area contributed by atoms with Crippen LogP contribution < -0.4 is 5.19 Å². The molecule has 0 saturated heterocycles. The van der Waals surface area contributed by atoms with Crippen molar-refractivity contribution in [2.75, 3.05) is 0 Å². The summed E-state index contributed by atoms with van der Waals surface area (Å²) in [5, 5.41) is 5.55. The number of rotatable bonds is 7. The molecule has 329 valence electrons. The van der Waals surface area contributed by atoms with E-state index >= 15 is 0 Å². The molecule has 11 rings (SSSR count). The maximum atomic E-state index is 8.55. The van der Waals surface area contributed by atoms with Crippen LogP contribution in [0.5, 0.6) is 0 Å². The average Bonchev–Trinajstić information content (AvgIpc) is 3.91. The van der Waals surface area contributed by atoms with Crippen LogP contribution >= 0.6 is 0 Å². The van der Waals surface area contributed by atoms with Crippen LogP contribution in [0.4, 0.5) is 0 Å². The second-order valence-corrected chi connectivity index (χ2v) is 23.6. The summed E-state index contributed by atoms with van der Waals surface area (Å²) in [6.07, 6.45) is 2.02.